The van der Waals surface area contributed by atoms with Crippen LogP contribution in [-0.4, -0.2) is 28.9 Å². The molecule has 0 aliphatic carbocycles. The molecule has 0 saturated carbocycles. The Bertz CT molecular complexity index is 261. The molecule has 0 radical (unpaired) electrons. The van der Waals surface area contributed by atoms with Crippen molar-refractivity contribution in [2.45, 2.75) is 60.8 Å². The van der Waals surface area contributed by atoms with Crippen molar-refractivity contribution in [3.63, 3.8) is 0 Å². The van der Waals surface area contributed by atoms with Crippen LogP contribution >= 0.6 is 20.0 Å². The molecule has 0 aliphatic heterocycles. The van der Waals surface area contributed by atoms with Gasteiger partial charge in [0.2, 0.25) is 0 Å². The summed E-state index contributed by atoms with van der Waals surface area (Å²) in [7, 11) is -2.54. The zero-order chi connectivity index (χ0) is 17.3. The average molecular weight is 342 g/mol. The van der Waals surface area contributed by atoms with Crippen LogP contribution in [0.3, 0.4) is 0 Å². The van der Waals surface area contributed by atoms with Gasteiger partial charge in [-0.25, -0.2) is 0 Å². The third-order valence-corrected chi connectivity index (χ3v) is 4.04. The fourth-order valence-corrected chi connectivity index (χ4v) is 1.85. The smallest absolute Gasteiger partial charge is 0.331 e. The Hall–Kier alpha value is -0.0000000000000000416. The number of rotatable bonds is 7. The van der Waals surface area contributed by atoms with Crippen molar-refractivity contribution < 1.29 is 18.8 Å². The predicted molar refractivity (Wildman–Crippen MR) is 92.6 cm³/mol. The Balaban J connectivity index is -0.000000386. The van der Waals surface area contributed by atoms with E-state index in [4.69, 9.17) is 10.6 Å². The normalized spacial score (nSPS) is 10.8. The van der Waals surface area contributed by atoms with Gasteiger partial charge in [-0.2, -0.15) is 0 Å². The first-order valence-corrected chi connectivity index (χ1v) is 9.51. The summed E-state index contributed by atoms with van der Waals surface area (Å²) in [5.41, 5.74) is 4.52. The van der Waals surface area contributed by atoms with E-state index in [1.807, 2.05) is 27.7 Å². The average Bonchev–Trinajstić information content (AvgIpc) is 2.44. The summed E-state index contributed by atoms with van der Waals surface area (Å²) in [5, 5.41) is 0.0942. The first-order valence-electron chi connectivity index (χ1n) is 7.39. The molecule has 0 rings (SSSR count). The molecule has 128 valence electrons. The van der Waals surface area contributed by atoms with Gasteiger partial charge < -0.3 is 5.73 Å². The van der Waals surface area contributed by atoms with E-state index in [1.165, 1.54) is 12.8 Å². The molecule has 0 aliphatic rings. The molecule has 0 aromatic heterocycles. The van der Waals surface area contributed by atoms with E-state index in [2.05, 4.69) is 18.4 Å². The number of carbonyl (C=O) groups excluding carboxylic acids is 1. The molecule has 1 atom stereocenters. The highest BCUT2D eigenvalue weighted by atomic mass is 32.2. The molecule has 21 heavy (non-hydrogen) atoms. The molecule has 0 heterocycles. The molecule has 0 aromatic carbocycles. The minimum atomic E-state index is -2.54. The number of hydrogen-bond acceptors (Lipinski definition) is 5. The van der Waals surface area contributed by atoms with Gasteiger partial charge in [0.25, 0.3) is 0 Å². The Morgan fingerprint density at radius 3 is 1.95 bits per heavy atom. The summed E-state index contributed by atoms with van der Waals surface area (Å²) in [4.78, 5) is 19.8. The SMILES string of the molecule is CCC(C)(C)C(=O)SCCO[P+](=O)O.CCCC.CCN. The minimum absolute atomic E-state index is 0.0942. The van der Waals surface area contributed by atoms with E-state index in [1.54, 1.807) is 0 Å². The molecule has 0 bridgehead atoms. The molecule has 0 spiro atoms. The highest BCUT2D eigenvalue weighted by molar-refractivity contribution is 8.13. The van der Waals surface area contributed by atoms with Crippen LogP contribution in [-0.2, 0) is 13.9 Å². The van der Waals surface area contributed by atoms with Crippen LogP contribution in [0.15, 0.2) is 0 Å². The fourth-order valence-electron chi connectivity index (χ4n) is 0.589. The van der Waals surface area contributed by atoms with Crippen LogP contribution in [0.4, 0.5) is 0 Å². The molecule has 0 fully saturated rings. The second kappa shape index (κ2) is 18.1. The fraction of sp³-hybridized carbons (Fsp3) is 0.929. The van der Waals surface area contributed by atoms with Gasteiger partial charge in [0.1, 0.15) is 6.61 Å². The van der Waals surface area contributed by atoms with Crippen LogP contribution in [0.2, 0.25) is 0 Å². The molecule has 0 aromatic rings. The van der Waals surface area contributed by atoms with E-state index in [-0.39, 0.29) is 17.1 Å². The van der Waals surface area contributed by atoms with Gasteiger partial charge in [0.05, 0.1) is 0 Å². The van der Waals surface area contributed by atoms with Gasteiger partial charge in [-0.15, -0.1) is 9.42 Å². The predicted octanol–water partition coefficient (Wildman–Crippen LogP) is 4.12. The van der Waals surface area contributed by atoms with E-state index < -0.39 is 8.25 Å². The highest BCUT2D eigenvalue weighted by Gasteiger charge is 2.25. The Morgan fingerprint density at radius 2 is 1.67 bits per heavy atom. The first-order chi connectivity index (χ1) is 9.73. The Morgan fingerprint density at radius 1 is 1.24 bits per heavy atom. The zero-order valence-corrected chi connectivity index (χ0v) is 16.1. The molecule has 3 N–H and O–H groups in total. The summed E-state index contributed by atoms with van der Waals surface area (Å²) in [5.74, 6) is 0.421. The molecule has 5 nitrogen and oxygen atoms in total. The van der Waals surface area contributed by atoms with E-state index >= 15 is 0 Å². The van der Waals surface area contributed by atoms with Crippen molar-refractivity contribution >= 4 is 25.1 Å². The van der Waals surface area contributed by atoms with Crippen molar-refractivity contribution in [3.8, 4) is 0 Å². The van der Waals surface area contributed by atoms with Gasteiger partial charge >= 0.3 is 8.25 Å². The van der Waals surface area contributed by atoms with Crippen molar-refractivity contribution in [3.05, 3.63) is 0 Å². The standard InChI is InChI=1S/C8H15O4PS.C4H10.C2H7N/c1-4-8(2,3)7(9)14-6-5-12-13(10)11;1-3-4-2;1-2-3/h4-6H2,1-3H3;3-4H2,1-2H3;2-3H2,1H3/p+1. The van der Waals surface area contributed by atoms with Gasteiger partial charge in [0.15, 0.2) is 5.12 Å². The maximum absolute atomic E-state index is 11.5. The number of carbonyl (C=O) groups is 1. The minimum Gasteiger partial charge on any atom is -0.331 e. The lowest BCUT2D eigenvalue weighted by Crippen LogP contribution is -2.20. The highest BCUT2D eigenvalue weighted by Crippen LogP contribution is 2.27. The summed E-state index contributed by atoms with van der Waals surface area (Å²) in [6.45, 7) is 12.9. The number of nitrogens with two attached hydrogens (primary N) is 1. The topological polar surface area (TPSA) is 89.6 Å². The van der Waals surface area contributed by atoms with Gasteiger partial charge in [0, 0.05) is 15.7 Å². The second-order valence-electron chi connectivity index (χ2n) is 4.85. The zero-order valence-electron chi connectivity index (χ0n) is 14.3. The van der Waals surface area contributed by atoms with Crippen molar-refractivity contribution in [1.82, 2.24) is 0 Å². The van der Waals surface area contributed by atoms with Gasteiger partial charge in [-0.05, 0) is 13.0 Å². The molecular formula is C14H33NO4PS+. The Kier molecular flexibility index (Phi) is 22.3. The first kappa shape index (κ1) is 25.9. The van der Waals surface area contributed by atoms with Crippen molar-refractivity contribution in [1.29, 1.82) is 0 Å². The quantitative estimate of drug-likeness (QED) is 0.534. The number of thioether (sulfide) groups is 1. The van der Waals surface area contributed by atoms with Crippen LogP contribution in [0.1, 0.15) is 60.8 Å². The third kappa shape index (κ3) is 22.4. The lowest BCUT2D eigenvalue weighted by atomic mass is 9.92. The van der Waals surface area contributed by atoms with Gasteiger partial charge in [-0.1, -0.05) is 66.1 Å². The summed E-state index contributed by atoms with van der Waals surface area (Å²) in [6.07, 6.45) is 3.42. The lowest BCUT2D eigenvalue weighted by Gasteiger charge is -2.19. The number of hydrogen-bond donors (Lipinski definition) is 2. The molecule has 0 saturated heterocycles. The molecule has 1 unspecified atom stereocenters. The monoisotopic (exact) mass is 342 g/mol. The van der Waals surface area contributed by atoms with E-state index in [0.29, 0.717) is 5.75 Å². The lowest BCUT2D eigenvalue weighted by molar-refractivity contribution is -0.118. The van der Waals surface area contributed by atoms with Gasteiger partial charge in [-0.3, -0.25) is 4.79 Å². The largest absolute Gasteiger partial charge is 0.694 e. The van der Waals surface area contributed by atoms with E-state index in [0.717, 1.165) is 24.7 Å². The molecule has 7 heteroatoms. The third-order valence-electron chi connectivity index (χ3n) is 2.45. The van der Waals surface area contributed by atoms with Crippen LogP contribution < -0.4 is 5.73 Å². The van der Waals surface area contributed by atoms with Crippen molar-refractivity contribution in [2.75, 3.05) is 18.9 Å². The van der Waals surface area contributed by atoms with Crippen LogP contribution in [0.25, 0.3) is 0 Å². The summed E-state index contributed by atoms with van der Waals surface area (Å²) < 4.78 is 14.6. The van der Waals surface area contributed by atoms with E-state index in [9.17, 15) is 9.36 Å². The summed E-state index contributed by atoms with van der Waals surface area (Å²) in [6, 6.07) is 0. The second-order valence-corrected chi connectivity index (χ2v) is 6.65. The van der Waals surface area contributed by atoms with Crippen molar-refractivity contribution in [2.24, 2.45) is 11.1 Å². The maximum Gasteiger partial charge on any atom is 0.694 e. The molecule has 0 amide bonds. The van der Waals surface area contributed by atoms with Crippen LogP contribution in [0, 0.1) is 5.41 Å². The van der Waals surface area contributed by atoms with Crippen LogP contribution in [0.5, 0.6) is 0 Å². The molecular weight excluding hydrogens is 309 g/mol. The Labute approximate surface area is 135 Å². The number of unbranched alkanes of at least 4 members (excludes halogenated alkanes) is 1. The maximum atomic E-state index is 11.5. The summed E-state index contributed by atoms with van der Waals surface area (Å²) >= 11 is 1.15.